The molecule has 64 heavy (non-hydrogen) atoms. The second kappa shape index (κ2) is 55.7. The molecule has 3 N–H and O–H groups in total. The molecule has 0 saturated carbocycles. The van der Waals surface area contributed by atoms with E-state index in [1.165, 1.54) is 250 Å². The van der Waals surface area contributed by atoms with Gasteiger partial charge >= 0.3 is 0 Å². The SMILES string of the molecule is CCCCCCC/C=C\C/C=C\CCCCCCCCCCCCCCCCCCCC(=O)NC(CO)C(O)/C=C/CC/C=C/CCCCCCCCCCCCCCCCCCC. The van der Waals surface area contributed by atoms with Gasteiger partial charge in [-0.1, -0.05) is 287 Å². The lowest BCUT2D eigenvalue weighted by Gasteiger charge is -2.19. The lowest BCUT2D eigenvalue weighted by molar-refractivity contribution is -0.123. The smallest absolute Gasteiger partial charge is 0.220 e. The standard InChI is InChI=1S/C60H113NO3/c1-3-5-7-9-11-13-15-17-19-21-23-25-27-28-29-30-31-32-34-36-38-40-42-44-46-48-50-52-54-56-60(64)61-58(57-62)59(63)55-53-51-49-47-45-43-41-39-37-35-33-26-24-22-20-18-16-14-12-10-8-6-4-2/h15,17,21,23,45,47,53,55,58-59,62-63H,3-14,16,18-20,22,24-44,46,48-52,54,56-57H2,1-2H3,(H,61,64)/b17-15-,23-21-,47-45+,55-53+. The molecule has 1 amide bonds. The van der Waals surface area contributed by atoms with Gasteiger partial charge in [0.15, 0.2) is 0 Å². The minimum atomic E-state index is -0.863. The topological polar surface area (TPSA) is 69.6 Å². The molecular weight excluding hydrogens is 783 g/mol. The number of hydrogen-bond acceptors (Lipinski definition) is 3. The number of aliphatic hydroxyl groups is 2. The Labute approximate surface area is 401 Å². The quantitative estimate of drug-likeness (QED) is 0.0421. The van der Waals surface area contributed by atoms with E-state index in [9.17, 15) is 15.0 Å². The minimum Gasteiger partial charge on any atom is -0.394 e. The molecular formula is C60H113NO3. The molecule has 2 unspecified atom stereocenters. The van der Waals surface area contributed by atoms with Gasteiger partial charge in [0.05, 0.1) is 18.8 Å². The molecule has 4 heteroatoms. The molecule has 0 aliphatic carbocycles. The number of amides is 1. The van der Waals surface area contributed by atoms with E-state index in [1.807, 2.05) is 6.08 Å². The zero-order valence-corrected chi connectivity index (χ0v) is 43.3. The van der Waals surface area contributed by atoms with Crippen LogP contribution in [0.2, 0.25) is 0 Å². The van der Waals surface area contributed by atoms with E-state index in [1.54, 1.807) is 6.08 Å². The van der Waals surface area contributed by atoms with Crippen LogP contribution < -0.4 is 5.32 Å². The summed E-state index contributed by atoms with van der Waals surface area (Å²) in [6.45, 7) is 4.32. The highest BCUT2D eigenvalue weighted by Gasteiger charge is 2.18. The molecule has 0 fully saturated rings. The van der Waals surface area contributed by atoms with Gasteiger partial charge in [-0.2, -0.15) is 0 Å². The first-order valence-electron chi connectivity index (χ1n) is 28.9. The van der Waals surface area contributed by atoms with Crippen molar-refractivity contribution < 1.29 is 15.0 Å². The molecule has 0 aromatic heterocycles. The molecule has 0 aromatic rings. The monoisotopic (exact) mass is 896 g/mol. The van der Waals surface area contributed by atoms with Crippen LogP contribution in [-0.2, 0) is 4.79 Å². The van der Waals surface area contributed by atoms with Gasteiger partial charge in [0, 0.05) is 6.42 Å². The number of nitrogens with one attached hydrogen (secondary N) is 1. The molecule has 0 radical (unpaired) electrons. The minimum absolute atomic E-state index is 0.0698. The van der Waals surface area contributed by atoms with Gasteiger partial charge in [-0.15, -0.1) is 0 Å². The third-order valence-corrected chi connectivity index (χ3v) is 13.3. The fourth-order valence-corrected chi connectivity index (χ4v) is 8.87. The second-order valence-corrected chi connectivity index (χ2v) is 19.7. The van der Waals surface area contributed by atoms with E-state index >= 15 is 0 Å². The molecule has 0 aliphatic rings. The first kappa shape index (κ1) is 62.4. The molecule has 0 rings (SSSR count). The first-order valence-corrected chi connectivity index (χ1v) is 28.9. The van der Waals surface area contributed by atoms with Crippen molar-refractivity contribution in [2.45, 2.75) is 321 Å². The van der Waals surface area contributed by atoms with Gasteiger partial charge in [0.1, 0.15) is 0 Å². The van der Waals surface area contributed by atoms with E-state index in [2.05, 4.69) is 55.6 Å². The van der Waals surface area contributed by atoms with Gasteiger partial charge in [-0.25, -0.2) is 0 Å². The molecule has 0 spiro atoms. The summed E-state index contributed by atoms with van der Waals surface area (Å²) in [5, 5.41) is 23.2. The van der Waals surface area contributed by atoms with Crippen molar-refractivity contribution in [1.82, 2.24) is 5.32 Å². The Balaban J connectivity index is 3.50. The van der Waals surface area contributed by atoms with E-state index in [-0.39, 0.29) is 12.5 Å². The lowest BCUT2D eigenvalue weighted by Crippen LogP contribution is -2.45. The van der Waals surface area contributed by atoms with E-state index in [4.69, 9.17) is 0 Å². The molecule has 376 valence electrons. The number of unbranched alkanes of at least 4 members (excludes halogenated alkanes) is 40. The summed E-state index contributed by atoms with van der Waals surface area (Å²) in [7, 11) is 0. The normalized spacial score (nSPS) is 13.1. The van der Waals surface area contributed by atoms with Crippen molar-refractivity contribution in [2.75, 3.05) is 6.61 Å². The number of carbonyl (C=O) groups excluding carboxylic acids is 1. The summed E-state index contributed by atoms with van der Waals surface area (Å²) in [6, 6.07) is -0.640. The van der Waals surface area contributed by atoms with Crippen LogP contribution in [0.4, 0.5) is 0 Å². The van der Waals surface area contributed by atoms with Crippen LogP contribution >= 0.6 is 0 Å². The first-order chi connectivity index (χ1) is 31.7. The van der Waals surface area contributed by atoms with Crippen molar-refractivity contribution in [3.8, 4) is 0 Å². The predicted octanol–water partition coefficient (Wildman–Crippen LogP) is 19.0. The number of allylic oxidation sites excluding steroid dienone is 7. The van der Waals surface area contributed by atoms with Gasteiger partial charge < -0.3 is 15.5 Å². The Morgan fingerprint density at radius 1 is 0.375 bits per heavy atom. The average molecular weight is 897 g/mol. The summed E-state index contributed by atoms with van der Waals surface area (Å²) < 4.78 is 0. The molecule has 0 heterocycles. The van der Waals surface area contributed by atoms with Gasteiger partial charge in [-0.3, -0.25) is 4.79 Å². The third-order valence-electron chi connectivity index (χ3n) is 13.3. The molecule has 2 atom stereocenters. The molecule has 0 aliphatic heterocycles. The van der Waals surface area contributed by atoms with E-state index < -0.39 is 12.1 Å². The van der Waals surface area contributed by atoms with Gasteiger partial charge in [-0.05, 0) is 64.2 Å². The van der Waals surface area contributed by atoms with Crippen LogP contribution in [0.5, 0.6) is 0 Å². The number of hydrogen-bond donors (Lipinski definition) is 3. The van der Waals surface area contributed by atoms with Crippen LogP contribution in [0.1, 0.15) is 309 Å². The highest BCUT2D eigenvalue weighted by Crippen LogP contribution is 2.17. The Morgan fingerprint density at radius 2 is 0.656 bits per heavy atom. The molecule has 0 aromatic carbocycles. The molecule has 4 nitrogen and oxygen atoms in total. The summed E-state index contributed by atoms with van der Waals surface area (Å²) in [5.74, 6) is -0.0698. The van der Waals surface area contributed by atoms with Crippen molar-refractivity contribution in [3.05, 3.63) is 48.6 Å². The van der Waals surface area contributed by atoms with Crippen LogP contribution in [0, 0.1) is 0 Å². The van der Waals surface area contributed by atoms with E-state index in [0.717, 1.165) is 38.5 Å². The van der Waals surface area contributed by atoms with Crippen LogP contribution in [0.25, 0.3) is 0 Å². The Kier molecular flexibility index (Phi) is 54.2. The summed E-state index contributed by atoms with van der Waals surface area (Å²) in [5.41, 5.74) is 0. The number of rotatable bonds is 53. The number of aliphatic hydroxyl groups excluding tert-OH is 2. The van der Waals surface area contributed by atoms with Crippen molar-refractivity contribution in [1.29, 1.82) is 0 Å². The van der Waals surface area contributed by atoms with Crippen LogP contribution in [0.15, 0.2) is 48.6 Å². The zero-order valence-electron chi connectivity index (χ0n) is 43.3. The summed E-state index contributed by atoms with van der Waals surface area (Å²) in [4.78, 5) is 12.5. The maximum Gasteiger partial charge on any atom is 0.220 e. The van der Waals surface area contributed by atoms with Gasteiger partial charge in [0.25, 0.3) is 0 Å². The molecule has 0 saturated heterocycles. The Bertz CT molecular complexity index is 1020. The largest absolute Gasteiger partial charge is 0.394 e. The van der Waals surface area contributed by atoms with Crippen LogP contribution in [-0.4, -0.2) is 34.9 Å². The van der Waals surface area contributed by atoms with Crippen molar-refractivity contribution in [3.63, 3.8) is 0 Å². The van der Waals surface area contributed by atoms with Gasteiger partial charge in [0.2, 0.25) is 5.91 Å². The highest BCUT2D eigenvalue weighted by molar-refractivity contribution is 5.76. The highest BCUT2D eigenvalue weighted by atomic mass is 16.3. The number of carbonyl (C=O) groups is 1. The maximum absolute atomic E-state index is 12.5. The van der Waals surface area contributed by atoms with Crippen molar-refractivity contribution >= 4 is 5.91 Å². The summed E-state index contributed by atoms with van der Waals surface area (Å²) in [6.07, 6.45) is 77.1. The maximum atomic E-state index is 12.5. The second-order valence-electron chi connectivity index (χ2n) is 19.7. The Morgan fingerprint density at radius 3 is 1.00 bits per heavy atom. The summed E-state index contributed by atoms with van der Waals surface area (Å²) >= 11 is 0. The van der Waals surface area contributed by atoms with Crippen LogP contribution in [0.3, 0.4) is 0 Å². The Hall–Kier alpha value is -1.65. The molecule has 0 bridgehead atoms. The fourth-order valence-electron chi connectivity index (χ4n) is 8.87. The average Bonchev–Trinajstić information content (AvgIpc) is 3.30. The van der Waals surface area contributed by atoms with E-state index in [0.29, 0.717) is 6.42 Å². The third kappa shape index (κ3) is 51.3. The fraction of sp³-hybridized carbons (Fsp3) is 0.850. The van der Waals surface area contributed by atoms with Crippen molar-refractivity contribution in [2.24, 2.45) is 0 Å². The lowest BCUT2D eigenvalue weighted by atomic mass is 10.0. The predicted molar refractivity (Wildman–Crippen MR) is 285 cm³/mol. The zero-order chi connectivity index (χ0) is 46.3.